The maximum absolute atomic E-state index is 6.12. The van der Waals surface area contributed by atoms with Crippen LogP contribution in [0.5, 0.6) is 0 Å². The fraction of sp³-hybridized carbons (Fsp3) is 0.357. The minimum atomic E-state index is 0.813. The van der Waals surface area contributed by atoms with Crippen LogP contribution in [-0.2, 0) is 0 Å². The lowest BCUT2D eigenvalue weighted by molar-refractivity contribution is 0.724. The Kier molecular flexibility index (Phi) is 3.02. The van der Waals surface area contributed by atoms with Gasteiger partial charge in [0, 0.05) is 36.9 Å². The van der Waals surface area contributed by atoms with Crippen molar-refractivity contribution in [2.24, 2.45) is 0 Å². The van der Waals surface area contributed by atoms with E-state index in [1.165, 1.54) is 0 Å². The molecule has 2 heterocycles. The van der Waals surface area contributed by atoms with Crippen LogP contribution in [0.4, 0.5) is 11.5 Å². The van der Waals surface area contributed by atoms with Crippen molar-refractivity contribution in [1.82, 2.24) is 10.3 Å². The van der Waals surface area contributed by atoms with Crippen LogP contribution in [-0.4, -0.2) is 31.2 Å². The molecule has 0 radical (unpaired) electrons. The zero-order valence-corrected chi connectivity index (χ0v) is 10.4. The van der Waals surface area contributed by atoms with Gasteiger partial charge in [0.2, 0.25) is 0 Å². The van der Waals surface area contributed by atoms with Crippen LogP contribution < -0.4 is 16.0 Å². The number of anilines is 2. The quantitative estimate of drug-likeness (QED) is 0.746. The van der Waals surface area contributed by atoms with Crippen molar-refractivity contribution in [3.63, 3.8) is 0 Å². The van der Waals surface area contributed by atoms with Gasteiger partial charge in [-0.1, -0.05) is 12.1 Å². The van der Waals surface area contributed by atoms with E-state index in [2.05, 4.69) is 21.3 Å². The van der Waals surface area contributed by atoms with E-state index < -0.39 is 0 Å². The van der Waals surface area contributed by atoms with Gasteiger partial charge >= 0.3 is 0 Å². The van der Waals surface area contributed by atoms with Gasteiger partial charge < -0.3 is 16.0 Å². The number of nitrogens with zero attached hydrogens (tertiary/aromatic N) is 2. The van der Waals surface area contributed by atoms with Crippen molar-refractivity contribution < 1.29 is 0 Å². The molecule has 3 rings (SSSR count). The van der Waals surface area contributed by atoms with Crippen LogP contribution in [0.3, 0.4) is 0 Å². The average Bonchev–Trinajstić information content (AvgIpc) is 2.67. The second-order valence-electron chi connectivity index (χ2n) is 4.67. The monoisotopic (exact) mass is 242 g/mol. The number of hydrogen-bond acceptors (Lipinski definition) is 4. The second-order valence-corrected chi connectivity index (χ2v) is 4.67. The third-order valence-electron chi connectivity index (χ3n) is 3.44. The summed E-state index contributed by atoms with van der Waals surface area (Å²) in [4.78, 5) is 6.88. The summed E-state index contributed by atoms with van der Waals surface area (Å²) in [6, 6.07) is 8.05. The summed E-state index contributed by atoms with van der Waals surface area (Å²) < 4.78 is 0. The molecule has 94 valence electrons. The molecular weight excluding hydrogens is 224 g/mol. The predicted octanol–water partition coefficient (Wildman–Crippen LogP) is 1.62. The Morgan fingerprint density at radius 2 is 2.11 bits per heavy atom. The minimum absolute atomic E-state index is 0.813. The molecule has 1 fully saturated rings. The first kappa shape index (κ1) is 11.3. The highest BCUT2D eigenvalue weighted by Gasteiger charge is 2.14. The van der Waals surface area contributed by atoms with E-state index >= 15 is 0 Å². The van der Waals surface area contributed by atoms with E-state index in [9.17, 15) is 0 Å². The van der Waals surface area contributed by atoms with Crippen molar-refractivity contribution in [2.75, 3.05) is 36.8 Å². The summed E-state index contributed by atoms with van der Waals surface area (Å²) in [5.74, 6) is 1.02. The predicted molar refractivity (Wildman–Crippen MR) is 75.9 cm³/mol. The van der Waals surface area contributed by atoms with Crippen molar-refractivity contribution in [2.45, 2.75) is 6.42 Å². The lowest BCUT2D eigenvalue weighted by Gasteiger charge is -2.23. The van der Waals surface area contributed by atoms with Crippen LogP contribution in [0.2, 0.25) is 0 Å². The highest BCUT2D eigenvalue weighted by molar-refractivity contribution is 6.00. The molecule has 1 aliphatic rings. The Balaban J connectivity index is 2.10. The largest absolute Gasteiger partial charge is 0.398 e. The number of benzene rings is 1. The van der Waals surface area contributed by atoms with Gasteiger partial charge in [0.05, 0.1) is 0 Å². The van der Waals surface area contributed by atoms with Crippen LogP contribution in [0.1, 0.15) is 6.42 Å². The third-order valence-corrected chi connectivity index (χ3v) is 3.44. The fourth-order valence-electron chi connectivity index (χ4n) is 2.54. The van der Waals surface area contributed by atoms with E-state index in [1.54, 1.807) is 0 Å². The Hall–Kier alpha value is -1.81. The molecule has 0 spiro atoms. The highest BCUT2D eigenvalue weighted by atomic mass is 15.2. The summed E-state index contributed by atoms with van der Waals surface area (Å²) in [5, 5.41) is 5.66. The molecule has 4 nitrogen and oxygen atoms in total. The molecule has 0 amide bonds. The van der Waals surface area contributed by atoms with E-state index in [0.29, 0.717) is 0 Å². The molecule has 0 unspecified atom stereocenters. The molecule has 3 N–H and O–H groups in total. The van der Waals surface area contributed by atoms with Crippen LogP contribution in [0.15, 0.2) is 30.5 Å². The molecule has 1 aliphatic heterocycles. The molecule has 0 atom stereocenters. The molecule has 18 heavy (non-hydrogen) atoms. The first-order valence-corrected chi connectivity index (χ1v) is 6.45. The fourth-order valence-corrected chi connectivity index (χ4v) is 2.54. The SMILES string of the molecule is Nc1cccc2ccnc(N3CCCNCC3)c12. The van der Waals surface area contributed by atoms with Gasteiger partial charge in [0.25, 0.3) is 0 Å². The van der Waals surface area contributed by atoms with Gasteiger partial charge in [0.15, 0.2) is 0 Å². The number of hydrogen-bond donors (Lipinski definition) is 2. The maximum Gasteiger partial charge on any atom is 0.138 e. The number of nitrogens with one attached hydrogen (secondary N) is 1. The van der Waals surface area contributed by atoms with Crippen LogP contribution in [0.25, 0.3) is 10.8 Å². The van der Waals surface area contributed by atoms with Crippen molar-refractivity contribution in [1.29, 1.82) is 0 Å². The van der Waals surface area contributed by atoms with Gasteiger partial charge in [-0.25, -0.2) is 4.98 Å². The Labute approximate surface area is 107 Å². The summed E-state index contributed by atoms with van der Waals surface area (Å²) in [7, 11) is 0. The maximum atomic E-state index is 6.12. The number of pyridine rings is 1. The molecule has 4 heteroatoms. The van der Waals surface area contributed by atoms with Gasteiger partial charge in [-0.05, 0) is 30.5 Å². The van der Waals surface area contributed by atoms with Gasteiger partial charge in [-0.2, -0.15) is 0 Å². The lowest BCUT2D eigenvalue weighted by atomic mass is 10.1. The Morgan fingerprint density at radius 1 is 1.17 bits per heavy atom. The molecule has 1 saturated heterocycles. The molecule has 2 aromatic rings. The van der Waals surface area contributed by atoms with Crippen LogP contribution in [0, 0.1) is 0 Å². The standard InChI is InChI=1S/C14H18N4/c15-12-4-1-3-11-5-7-17-14(13(11)12)18-9-2-6-16-8-10-18/h1,3-5,7,16H,2,6,8-10,15H2. The van der Waals surface area contributed by atoms with Crippen molar-refractivity contribution in [3.05, 3.63) is 30.5 Å². The molecule has 0 aliphatic carbocycles. The normalized spacial score (nSPS) is 16.8. The highest BCUT2D eigenvalue weighted by Crippen LogP contribution is 2.29. The van der Waals surface area contributed by atoms with Crippen molar-refractivity contribution >= 4 is 22.3 Å². The smallest absolute Gasteiger partial charge is 0.138 e. The minimum Gasteiger partial charge on any atom is -0.398 e. The zero-order chi connectivity index (χ0) is 12.4. The number of nitrogens with two attached hydrogens (primary N) is 1. The molecule has 1 aromatic heterocycles. The lowest BCUT2D eigenvalue weighted by Crippen LogP contribution is -2.28. The molecule has 1 aromatic carbocycles. The van der Waals surface area contributed by atoms with Gasteiger partial charge in [-0.15, -0.1) is 0 Å². The summed E-state index contributed by atoms with van der Waals surface area (Å²) in [5.41, 5.74) is 6.93. The summed E-state index contributed by atoms with van der Waals surface area (Å²) in [6.07, 6.45) is 3.01. The van der Waals surface area contributed by atoms with E-state index in [1.807, 2.05) is 24.4 Å². The zero-order valence-electron chi connectivity index (χ0n) is 10.4. The topological polar surface area (TPSA) is 54.2 Å². The van der Waals surface area contributed by atoms with E-state index in [-0.39, 0.29) is 0 Å². The number of nitrogen functional groups attached to an aromatic ring is 1. The van der Waals surface area contributed by atoms with Gasteiger partial charge in [0.1, 0.15) is 5.82 Å². The first-order valence-electron chi connectivity index (χ1n) is 6.45. The molecular formula is C14H18N4. The van der Waals surface area contributed by atoms with Crippen molar-refractivity contribution in [3.8, 4) is 0 Å². The first-order chi connectivity index (χ1) is 8.86. The number of aromatic nitrogens is 1. The summed E-state index contributed by atoms with van der Waals surface area (Å²) in [6.45, 7) is 4.11. The van der Waals surface area contributed by atoms with E-state index in [0.717, 1.165) is 54.9 Å². The second kappa shape index (κ2) is 4.82. The Bertz CT molecular complexity index is 539. The molecule has 0 saturated carbocycles. The summed E-state index contributed by atoms with van der Waals surface area (Å²) >= 11 is 0. The molecule has 0 bridgehead atoms. The third kappa shape index (κ3) is 1.99. The number of rotatable bonds is 1. The Morgan fingerprint density at radius 3 is 3.06 bits per heavy atom. The average molecular weight is 242 g/mol. The number of fused-ring (bicyclic) bond motifs is 1. The van der Waals surface area contributed by atoms with E-state index in [4.69, 9.17) is 5.73 Å². The van der Waals surface area contributed by atoms with Crippen LogP contribution >= 0.6 is 0 Å². The van der Waals surface area contributed by atoms with Gasteiger partial charge in [-0.3, -0.25) is 0 Å².